The molecule has 3 amide bonds. The summed E-state index contributed by atoms with van der Waals surface area (Å²) in [5.41, 5.74) is 2.07. The second kappa shape index (κ2) is 9.60. The van der Waals surface area contributed by atoms with E-state index in [0.717, 1.165) is 36.1 Å². The Morgan fingerprint density at radius 1 is 1.33 bits per heavy atom. The number of hydrogen-bond donors (Lipinski definition) is 2. The van der Waals surface area contributed by atoms with Crippen LogP contribution in [0.2, 0.25) is 0 Å². The standard InChI is InChI=1S/C20H29N3O4/c1-26-11-2-9-21-20(25)23-10-12-27-18-7-3-15(13-16(18)14-23)4-8-19(24)22-17-5-6-17/h3,7,13,17H,2,4-6,8-12,14H2,1H3,(H,21,25)(H,22,24). The van der Waals surface area contributed by atoms with Gasteiger partial charge in [-0.05, 0) is 37.3 Å². The van der Waals surface area contributed by atoms with Crippen LogP contribution < -0.4 is 15.4 Å². The molecule has 0 radical (unpaired) electrons. The van der Waals surface area contributed by atoms with Crippen LogP contribution >= 0.6 is 0 Å². The number of fused-ring (bicyclic) bond motifs is 1. The molecule has 2 N–H and O–H groups in total. The van der Waals surface area contributed by atoms with Crippen molar-refractivity contribution < 1.29 is 19.1 Å². The van der Waals surface area contributed by atoms with Gasteiger partial charge in [0.05, 0.1) is 13.1 Å². The van der Waals surface area contributed by atoms with Gasteiger partial charge >= 0.3 is 6.03 Å². The van der Waals surface area contributed by atoms with Crippen LogP contribution in [0.1, 0.15) is 36.8 Å². The van der Waals surface area contributed by atoms with Crippen molar-refractivity contribution in [1.29, 1.82) is 0 Å². The van der Waals surface area contributed by atoms with E-state index in [1.54, 1.807) is 12.0 Å². The number of nitrogens with one attached hydrogen (secondary N) is 2. The lowest BCUT2D eigenvalue weighted by molar-refractivity contribution is -0.121. The van der Waals surface area contributed by atoms with Gasteiger partial charge in [-0.25, -0.2) is 4.79 Å². The fourth-order valence-electron chi connectivity index (χ4n) is 3.09. The van der Waals surface area contributed by atoms with Gasteiger partial charge in [-0.1, -0.05) is 12.1 Å². The summed E-state index contributed by atoms with van der Waals surface area (Å²) in [6.45, 7) is 2.75. The van der Waals surface area contributed by atoms with Crippen molar-refractivity contribution in [3.05, 3.63) is 29.3 Å². The van der Waals surface area contributed by atoms with Crippen molar-refractivity contribution in [3.63, 3.8) is 0 Å². The van der Waals surface area contributed by atoms with Crippen LogP contribution in [-0.2, 0) is 22.5 Å². The number of hydrogen-bond acceptors (Lipinski definition) is 4. The van der Waals surface area contributed by atoms with Crippen LogP contribution in [0.25, 0.3) is 0 Å². The molecule has 148 valence electrons. The van der Waals surface area contributed by atoms with Gasteiger partial charge in [-0.2, -0.15) is 0 Å². The largest absolute Gasteiger partial charge is 0.491 e. The molecule has 0 atom stereocenters. The number of nitrogens with zero attached hydrogens (tertiary/aromatic N) is 1. The van der Waals surface area contributed by atoms with Gasteiger partial charge in [0.2, 0.25) is 5.91 Å². The number of carbonyl (C=O) groups is 2. The monoisotopic (exact) mass is 375 g/mol. The molecule has 3 rings (SSSR count). The highest BCUT2D eigenvalue weighted by molar-refractivity contribution is 5.77. The molecule has 7 nitrogen and oxygen atoms in total. The number of rotatable bonds is 8. The van der Waals surface area contributed by atoms with Crippen LogP contribution in [0.3, 0.4) is 0 Å². The number of methoxy groups -OCH3 is 1. The molecule has 0 saturated heterocycles. The Labute approximate surface area is 160 Å². The predicted molar refractivity (Wildman–Crippen MR) is 102 cm³/mol. The predicted octanol–water partition coefficient (Wildman–Crippen LogP) is 1.84. The smallest absolute Gasteiger partial charge is 0.317 e. The lowest BCUT2D eigenvalue weighted by Crippen LogP contribution is -2.41. The summed E-state index contributed by atoms with van der Waals surface area (Å²) in [7, 11) is 1.65. The lowest BCUT2D eigenvalue weighted by atomic mass is 10.0. The normalized spacial score (nSPS) is 16.1. The summed E-state index contributed by atoms with van der Waals surface area (Å²) >= 11 is 0. The third-order valence-corrected chi connectivity index (χ3v) is 4.78. The number of ether oxygens (including phenoxy) is 2. The highest BCUT2D eigenvalue weighted by Gasteiger charge is 2.23. The molecule has 1 saturated carbocycles. The molecule has 27 heavy (non-hydrogen) atoms. The molecule has 0 unspecified atom stereocenters. The fourth-order valence-corrected chi connectivity index (χ4v) is 3.09. The third kappa shape index (κ3) is 6.13. The van der Waals surface area contributed by atoms with E-state index in [4.69, 9.17) is 9.47 Å². The Hall–Kier alpha value is -2.28. The van der Waals surface area contributed by atoms with E-state index < -0.39 is 0 Å². The second-order valence-corrected chi connectivity index (χ2v) is 7.13. The maximum Gasteiger partial charge on any atom is 0.317 e. The van der Waals surface area contributed by atoms with Gasteiger partial charge in [-0.3, -0.25) is 4.79 Å². The summed E-state index contributed by atoms with van der Waals surface area (Å²) < 4.78 is 10.8. The Kier molecular flexibility index (Phi) is 6.92. The number of carbonyl (C=O) groups excluding carboxylic acids is 2. The zero-order valence-corrected chi connectivity index (χ0v) is 16.0. The molecule has 7 heteroatoms. The number of amides is 3. The molecule has 0 spiro atoms. The lowest BCUT2D eigenvalue weighted by Gasteiger charge is -2.20. The number of benzene rings is 1. The zero-order valence-electron chi connectivity index (χ0n) is 16.0. The summed E-state index contributed by atoms with van der Waals surface area (Å²) in [6.07, 6.45) is 4.17. The molecule has 0 aromatic heterocycles. The average molecular weight is 375 g/mol. The van der Waals surface area contributed by atoms with E-state index >= 15 is 0 Å². The maximum absolute atomic E-state index is 12.4. The fraction of sp³-hybridized carbons (Fsp3) is 0.600. The van der Waals surface area contributed by atoms with Gasteiger partial charge in [0.15, 0.2) is 0 Å². The van der Waals surface area contributed by atoms with E-state index in [9.17, 15) is 9.59 Å². The number of urea groups is 1. The highest BCUT2D eigenvalue weighted by Crippen LogP contribution is 2.25. The van der Waals surface area contributed by atoms with Crippen LogP contribution in [0.15, 0.2) is 18.2 Å². The van der Waals surface area contributed by atoms with Crippen molar-refractivity contribution in [2.75, 3.05) is 33.4 Å². The van der Waals surface area contributed by atoms with Crippen molar-refractivity contribution in [3.8, 4) is 5.75 Å². The summed E-state index contributed by atoms with van der Waals surface area (Å²) in [4.78, 5) is 26.1. The van der Waals surface area contributed by atoms with Gasteiger partial charge in [0.1, 0.15) is 12.4 Å². The second-order valence-electron chi connectivity index (χ2n) is 7.13. The molecule has 1 aliphatic heterocycles. The molecular weight excluding hydrogens is 346 g/mol. The SMILES string of the molecule is COCCCNC(=O)N1CCOc2ccc(CCC(=O)NC3CC3)cc2C1. The van der Waals surface area contributed by atoms with Crippen LogP contribution in [0, 0.1) is 0 Å². The quantitative estimate of drug-likeness (QED) is 0.680. The van der Waals surface area contributed by atoms with Gasteiger partial charge in [0.25, 0.3) is 0 Å². The molecule has 1 aliphatic carbocycles. The average Bonchev–Trinajstić information content (AvgIpc) is 3.49. The van der Waals surface area contributed by atoms with E-state index in [-0.39, 0.29) is 11.9 Å². The van der Waals surface area contributed by atoms with Crippen LogP contribution in [0.4, 0.5) is 4.79 Å². The Balaban J connectivity index is 1.54. The summed E-state index contributed by atoms with van der Waals surface area (Å²) in [5, 5.41) is 5.94. The Bertz CT molecular complexity index is 661. The van der Waals surface area contributed by atoms with Crippen molar-refractivity contribution in [2.45, 2.75) is 44.7 Å². The van der Waals surface area contributed by atoms with E-state index in [1.165, 1.54) is 0 Å². The Morgan fingerprint density at radius 2 is 2.19 bits per heavy atom. The van der Waals surface area contributed by atoms with Gasteiger partial charge in [-0.15, -0.1) is 0 Å². The minimum absolute atomic E-state index is 0.0863. The summed E-state index contributed by atoms with van der Waals surface area (Å²) in [5.74, 6) is 0.927. The first kappa shape index (κ1) is 19.5. The van der Waals surface area contributed by atoms with Crippen molar-refractivity contribution in [1.82, 2.24) is 15.5 Å². The molecule has 0 bridgehead atoms. The molecule has 1 aromatic carbocycles. The van der Waals surface area contributed by atoms with E-state index in [2.05, 4.69) is 16.7 Å². The zero-order chi connectivity index (χ0) is 19.1. The van der Waals surface area contributed by atoms with Gasteiger partial charge < -0.3 is 25.0 Å². The minimum Gasteiger partial charge on any atom is -0.491 e. The van der Waals surface area contributed by atoms with E-state index in [0.29, 0.717) is 51.7 Å². The van der Waals surface area contributed by atoms with Crippen molar-refractivity contribution in [2.24, 2.45) is 0 Å². The minimum atomic E-state index is -0.0863. The van der Waals surface area contributed by atoms with Crippen LogP contribution in [0.5, 0.6) is 5.75 Å². The number of aryl methyl sites for hydroxylation is 1. The topological polar surface area (TPSA) is 79.9 Å². The first-order valence-corrected chi connectivity index (χ1v) is 9.71. The van der Waals surface area contributed by atoms with Crippen molar-refractivity contribution >= 4 is 11.9 Å². The third-order valence-electron chi connectivity index (χ3n) is 4.78. The molecule has 2 aliphatic rings. The molecule has 1 aromatic rings. The van der Waals surface area contributed by atoms with Gasteiger partial charge in [0, 0.05) is 38.3 Å². The summed E-state index contributed by atoms with van der Waals surface area (Å²) in [6, 6.07) is 6.31. The highest BCUT2D eigenvalue weighted by atomic mass is 16.5. The molecule has 1 heterocycles. The van der Waals surface area contributed by atoms with Crippen LogP contribution in [-0.4, -0.2) is 56.3 Å². The molecular formula is C20H29N3O4. The Morgan fingerprint density at radius 3 is 2.96 bits per heavy atom. The maximum atomic E-state index is 12.4. The first-order valence-electron chi connectivity index (χ1n) is 9.71. The van der Waals surface area contributed by atoms with E-state index in [1.807, 2.05) is 12.1 Å². The molecule has 1 fully saturated rings. The first-order chi connectivity index (χ1) is 13.2.